The Morgan fingerprint density at radius 2 is 2.15 bits per heavy atom. The number of fused-ring (bicyclic) bond motifs is 1. The molecule has 0 unspecified atom stereocenters. The first-order valence-electron chi connectivity index (χ1n) is 4.39. The van der Waals surface area contributed by atoms with Gasteiger partial charge in [0.25, 0.3) is 0 Å². The average Bonchev–Trinajstić information content (AvgIpc) is 2.46. The van der Waals surface area contributed by atoms with Gasteiger partial charge < -0.3 is 0 Å². The second-order valence-corrected chi connectivity index (χ2v) is 3.94. The van der Waals surface area contributed by atoms with Gasteiger partial charge in [0.2, 0.25) is 0 Å². The van der Waals surface area contributed by atoms with Crippen LogP contribution in [0.5, 0.6) is 0 Å². The second-order valence-electron chi connectivity index (χ2n) is 3.55. The van der Waals surface area contributed by atoms with Crippen LogP contribution in [0.1, 0.15) is 19.4 Å². The second kappa shape index (κ2) is 3.11. The smallest absolute Gasteiger partial charge is 0.157 e. The summed E-state index contributed by atoms with van der Waals surface area (Å²) in [6.45, 7) is 4.29. The SMILES string of the molecule is CC(C)C1=Nc2nc(Cl)ccc2C1. The molecule has 0 saturated carbocycles. The van der Waals surface area contributed by atoms with Crippen molar-refractivity contribution in [3.63, 3.8) is 0 Å². The van der Waals surface area contributed by atoms with E-state index < -0.39 is 0 Å². The van der Waals surface area contributed by atoms with Crippen LogP contribution in [0.3, 0.4) is 0 Å². The Bertz CT molecular complexity index is 369. The molecule has 1 aromatic rings. The summed E-state index contributed by atoms with van der Waals surface area (Å²) < 4.78 is 0. The molecule has 2 rings (SSSR count). The van der Waals surface area contributed by atoms with E-state index in [-0.39, 0.29) is 0 Å². The molecule has 0 spiro atoms. The minimum Gasteiger partial charge on any atom is -0.237 e. The van der Waals surface area contributed by atoms with Crippen molar-refractivity contribution in [3.05, 3.63) is 22.8 Å². The van der Waals surface area contributed by atoms with Crippen LogP contribution >= 0.6 is 11.6 Å². The first-order valence-corrected chi connectivity index (χ1v) is 4.77. The van der Waals surface area contributed by atoms with Gasteiger partial charge in [0.15, 0.2) is 5.82 Å². The van der Waals surface area contributed by atoms with Gasteiger partial charge in [-0.25, -0.2) is 9.98 Å². The van der Waals surface area contributed by atoms with E-state index in [1.54, 1.807) is 0 Å². The highest BCUT2D eigenvalue weighted by Crippen LogP contribution is 2.27. The number of hydrogen-bond acceptors (Lipinski definition) is 2. The normalized spacial score (nSPS) is 14.6. The van der Waals surface area contributed by atoms with Gasteiger partial charge >= 0.3 is 0 Å². The molecule has 3 heteroatoms. The van der Waals surface area contributed by atoms with Crippen molar-refractivity contribution in [1.29, 1.82) is 0 Å². The summed E-state index contributed by atoms with van der Waals surface area (Å²) in [5.41, 5.74) is 2.39. The number of rotatable bonds is 1. The fraction of sp³-hybridized carbons (Fsp3) is 0.400. The lowest BCUT2D eigenvalue weighted by atomic mass is 10.0. The van der Waals surface area contributed by atoms with Crippen molar-refractivity contribution in [3.8, 4) is 0 Å². The van der Waals surface area contributed by atoms with Gasteiger partial charge in [-0.3, -0.25) is 0 Å². The van der Waals surface area contributed by atoms with Crippen molar-refractivity contribution in [2.45, 2.75) is 20.3 Å². The largest absolute Gasteiger partial charge is 0.237 e. The number of nitrogens with zero attached hydrogens (tertiary/aromatic N) is 2. The van der Waals surface area contributed by atoms with Gasteiger partial charge in [-0.2, -0.15) is 0 Å². The van der Waals surface area contributed by atoms with E-state index in [1.807, 2.05) is 12.1 Å². The summed E-state index contributed by atoms with van der Waals surface area (Å²) >= 11 is 5.77. The molecule has 2 heterocycles. The highest BCUT2D eigenvalue weighted by atomic mass is 35.5. The van der Waals surface area contributed by atoms with Crippen LogP contribution < -0.4 is 0 Å². The molecule has 68 valence electrons. The predicted molar refractivity (Wildman–Crippen MR) is 54.9 cm³/mol. The van der Waals surface area contributed by atoms with Crippen LogP contribution in [0.25, 0.3) is 0 Å². The zero-order valence-electron chi connectivity index (χ0n) is 7.71. The molecule has 0 atom stereocenters. The molecule has 0 fully saturated rings. The third kappa shape index (κ3) is 1.59. The molecule has 1 aliphatic heterocycles. The van der Waals surface area contributed by atoms with E-state index in [0.717, 1.165) is 12.2 Å². The number of aliphatic imine (C=N–C) groups is 1. The van der Waals surface area contributed by atoms with Crippen molar-refractivity contribution >= 4 is 23.1 Å². The van der Waals surface area contributed by atoms with E-state index >= 15 is 0 Å². The lowest BCUT2D eigenvalue weighted by Crippen LogP contribution is -2.06. The van der Waals surface area contributed by atoms with Crippen LogP contribution in [0.2, 0.25) is 5.15 Å². The minimum atomic E-state index is 0.493. The van der Waals surface area contributed by atoms with Crippen LogP contribution in [-0.2, 0) is 6.42 Å². The molecule has 0 radical (unpaired) electrons. The van der Waals surface area contributed by atoms with Crippen LogP contribution in [-0.4, -0.2) is 10.7 Å². The van der Waals surface area contributed by atoms with Crippen molar-refractivity contribution < 1.29 is 0 Å². The predicted octanol–water partition coefficient (Wildman–Crippen LogP) is 3.02. The Hall–Kier alpha value is -0.890. The van der Waals surface area contributed by atoms with Crippen molar-refractivity contribution in [1.82, 2.24) is 4.98 Å². The van der Waals surface area contributed by atoms with Crippen LogP contribution in [0.15, 0.2) is 17.1 Å². The number of halogens is 1. The molecule has 0 saturated heterocycles. The molecular weight excluding hydrogens is 184 g/mol. The highest BCUT2D eigenvalue weighted by Gasteiger charge is 2.17. The third-order valence-corrected chi connectivity index (χ3v) is 2.42. The Kier molecular flexibility index (Phi) is 2.08. The molecular formula is C10H11ClN2. The molecule has 0 aromatic carbocycles. The fourth-order valence-corrected chi connectivity index (χ4v) is 1.54. The van der Waals surface area contributed by atoms with E-state index in [0.29, 0.717) is 11.1 Å². The molecule has 0 aliphatic carbocycles. The maximum Gasteiger partial charge on any atom is 0.157 e. The molecule has 13 heavy (non-hydrogen) atoms. The average molecular weight is 195 g/mol. The molecule has 0 N–H and O–H groups in total. The zero-order valence-corrected chi connectivity index (χ0v) is 8.47. The number of aromatic nitrogens is 1. The highest BCUT2D eigenvalue weighted by molar-refractivity contribution is 6.29. The molecule has 0 bridgehead atoms. The zero-order chi connectivity index (χ0) is 9.42. The third-order valence-electron chi connectivity index (χ3n) is 2.21. The quantitative estimate of drug-likeness (QED) is 0.631. The first-order chi connectivity index (χ1) is 6.16. The van der Waals surface area contributed by atoms with E-state index in [1.165, 1.54) is 11.3 Å². The Balaban J connectivity index is 2.38. The molecule has 0 amide bonds. The summed E-state index contributed by atoms with van der Waals surface area (Å²) in [6, 6.07) is 3.82. The van der Waals surface area contributed by atoms with Crippen molar-refractivity contribution in [2.24, 2.45) is 10.9 Å². The number of pyridine rings is 1. The maximum absolute atomic E-state index is 5.77. The molecule has 1 aliphatic rings. The maximum atomic E-state index is 5.77. The lowest BCUT2D eigenvalue weighted by molar-refractivity contribution is 0.871. The Morgan fingerprint density at radius 3 is 2.85 bits per heavy atom. The summed E-state index contributed by atoms with van der Waals surface area (Å²) in [7, 11) is 0. The summed E-state index contributed by atoms with van der Waals surface area (Å²) in [5, 5.41) is 0.521. The van der Waals surface area contributed by atoms with E-state index in [4.69, 9.17) is 11.6 Å². The van der Waals surface area contributed by atoms with Gasteiger partial charge in [0.05, 0.1) is 0 Å². The molecule has 2 nitrogen and oxygen atoms in total. The van der Waals surface area contributed by atoms with Gasteiger partial charge in [-0.1, -0.05) is 31.5 Å². The standard InChI is InChI=1S/C10H11ClN2/c1-6(2)8-5-7-3-4-9(11)13-10(7)12-8/h3-4,6H,5H2,1-2H3. The van der Waals surface area contributed by atoms with E-state index in [2.05, 4.69) is 23.8 Å². The number of hydrogen-bond donors (Lipinski definition) is 0. The van der Waals surface area contributed by atoms with Gasteiger partial charge in [-0.15, -0.1) is 0 Å². The molecule has 1 aromatic heterocycles. The minimum absolute atomic E-state index is 0.493. The lowest BCUT2D eigenvalue weighted by Gasteiger charge is -2.01. The first kappa shape index (κ1) is 8.70. The van der Waals surface area contributed by atoms with Crippen LogP contribution in [0, 0.1) is 5.92 Å². The van der Waals surface area contributed by atoms with Gasteiger partial charge in [-0.05, 0) is 12.0 Å². The summed E-state index contributed by atoms with van der Waals surface area (Å²) in [6.07, 6.45) is 0.928. The monoisotopic (exact) mass is 194 g/mol. The topological polar surface area (TPSA) is 25.2 Å². The van der Waals surface area contributed by atoms with Crippen LogP contribution in [0.4, 0.5) is 5.82 Å². The summed E-state index contributed by atoms with van der Waals surface area (Å²) in [4.78, 5) is 8.60. The van der Waals surface area contributed by atoms with Crippen molar-refractivity contribution in [2.75, 3.05) is 0 Å². The summed E-state index contributed by atoms with van der Waals surface area (Å²) in [5.74, 6) is 1.30. The van der Waals surface area contributed by atoms with E-state index in [9.17, 15) is 0 Å². The Morgan fingerprint density at radius 1 is 1.38 bits per heavy atom. The van der Waals surface area contributed by atoms with Gasteiger partial charge in [0.1, 0.15) is 5.15 Å². The van der Waals surface area contributed by atoms with Gasteiger partial charge in [0, 0.05) is 17.7 Å². The fourth-order valence-electron chi connectivity index (χ4n) is 1.39. The Labute approximate surface area is 82.7 Å².